The number of fused-ring (bicyclic) bond motifs is 1. The van der Waals surface area contributed by atoms with Gasteiger partial charge in [0.1, 0.15) is 0 Å². The van der Waals surface area contributed by atoms with Crippen LogP contribution in [-0.2, 0) is 11.3 Å². The highest BCUT2D eigenvalue weighted by atomic mass is 16.2. The number of nitrogens with one attached hydrogen (secondary N) is 1. The Hall–Kier alpha value is -2.10. The third-order valence-electron chi connectivity index (χ3n) is 3.47. The fourth-order valence-corrected chi connectivity index (χ4v) is 2.39. The van der Waals surface area contributed by atoms with Crippen molar-refractivity contribution in [3.8, 4) is 0 Å². The second kappa shape index (κ2) is 5.35. The highest BCUT2D eigenvalue weighted by molar-refractivity contribution is 5.82. The van der Waals surface area contributed by atoms with E-state index < -0.39 is 5.41 Å². The van der Waals surface area contributed by atoms with E-state index in [1.807, 2.05) is 52.0 Å². The zero-order valence-electron chi connectivity index (χ0n) is 13.3. The first-order valence-electron chi connectivity index (χ1n) is 7.06. The van der Waals surface area contributed by atoms with Crippen LogP contribution in [0.4, 0.5) is 0 Å². The third-order valence-corrected chi connectivity index (χ3v) is 3.47. The molecule has 4 nitrogen and oxygen atoms in total. The molecule has 2 rings (SSSR count). The van der Waals surface area contributed by atoms with Crippen LogP contribution >= 0.6 is 0 Å². The number of carbonyl (C=O) groups is 1. The molecule has 0 aliphatic heterocycles. The maximum Gasteiger partial charge on any atom is 0.253 e. The number of rotatable bonds is 2. The van der Waals surface area contributed by atoms with Gasteiger partial charge in [-0.3, -0.25) is 9.59 Å². The van der Waals surface area contributed by atoms with Crippen LogP contribution in [0, 0.1) is 12.3 Å². The van der Waals surface area contributed by atoms with Crippen LogP contribution in [0.15, 0.2) is 29.1 Å². The second-order valence-corrected chi connectivity index (χ2v) is 6.63. The van der Waals surface area contributed by atoms with Crippen LogP contribution < -0.4 is 5.56 Å². The molecule has 112 valence electrons. The van der Waals surface area contributed by atoms with E-state index >= 15 is 0 Å². The van der Waals surface area contributed by atoms with Gasteiger partial charge in [0.25, 0.3) is 5.56 Å². The third kappa shape index (κ3) is 3.32. The molecule has 1 heterocycles. The highest BCUT2D eigenvalue weighted by Gasteiger charge is 2.25. The van der Waals surface area contributed by atoms with Gasteiger partial charge >= 0.3 is 0 Å². The van der Waals surface area contributed by atoms with Crippen molar-refractivity contribution in [2.75, 3.05) is 7.05 Å². The fraction of sp³-hybridized carbons (Fsp3) is 0.412. The van der Waals surface area contributed by atoms with E-state index in [9.17, 15) is 9.59 Å². The van der Waals surface area contributed by atoms with Crippen molar-refractivity contribution in [1.82, 2.24) is 9.88 Å². The van der Waals surface area contributed by atoms with E-state index in [-0.39, 0.29) is 11.5 Å². The van der Waals surface area contributed by atoms with Gasteiger partial charge in [0, 0.05) is 23.5 Å². The first-order valence-corrected chi connectivity index (χ1v) is 7.06. The zero-order chi connectivity index (χ0) is 15.8. The molecule has 0 fully saturated rings. The van der Waals surface area contributed by atoms with Crippen LogP contribution in [0.2, 0.25) is 0 Å². The van der Waals surface area contributed by atoms with E-state index in [1.165, 1.54) is 0 Å². The molecule has 0 aliphatic carbocycles. The summed E-state index contributed by atoms with van der Waals surface area (Å²) in [6.07, 6.45) is 0. The molecule has 1 amide bonds. The number of benzene rings is 1. The van der Waals surface area contributed by atoms with Crippen LogP contribution in [-0.4, -0.2) is 22.8 Å². The van der Waals surface area contributed by atoms with Crippen LogP contribution in [0.1, 0.15) is 31.9 Å². The molecule has 0 saturated heterocycles. The van der Waals surface area contributed by atoms with Gasteiger partial charge in [-0.15, -0.1) is 0 Å². The number of aromatic nitrogens is 1. The van der Waals surface area contributed by atoms with Gasteiger partial charge in [0.2, 0.25) is 5.91 Å². The lowest BCUT2D eigenvalue weighted by Gasteiger charge is -2.25. The van der Waals surface area contributed by atoms with Gasteiger partial charge in [0.15, 0.2) is 0 Å². The molecule has 1 aromatic carbocycles. The molecular weight excluding hydrogens is 264 g/mol. The normalized spacial score (nSPS) is 11.7. The average molecular weight is 286 g/mol. The standard InChI is InChI=1S/C17H22N2O2/c1-11-6-7-14-12(8-11)9-13(15(20)18-14)10-19(5)16(21)17(2,3)4/h6-9H,10H2,1-5H3,(H,18,20). The molecule has 0 saturated carbocycles. The van der Waals surface area contributed by atoms with Gasteiger partial charge in [-0.1, -0.05) is 32.4 Å². The second-order valence-electron chi connectivity index (χ2n) is 6.63. The predicted octanol–water partition coefficient (Wildman–Crippen LogP) is 2.84. The Labute approximate surface area is 124 Å². The summed E-state index contributed by atoms with van der Waals surface area (Å²) in [6.45, 7) is 7.95. The molecule has 21 heavy (non-hydrogen) atoms. The lowest BCUT2D eigenvalue weighted by atomic mass is 9.95. The maximum absolute atomic E-state index is 12.2. The predicted molar refractivity (Wildman–Crippen MR) is 85.2 cm³/mol. The van der Waals surface area contributed by atoms with E-state index in [4.69, 9.17) is 0 Å². The Morgan fingerprint density at radius 1 is 1.24 bits per heavy atom. The van der Waals surface area contributed by atoms with E-state index in [1.54, 1.807) is 11.9 Å². The Morgan fingerprint density at radius 3 is 2.52 bits per heavy atom. The number of H-pyrrole nitrogens is 1. The molecule has 0 bridgehead atoms. The lowest BCUT2D eigenvalue weighted by molar-refractivity contribution is -0.138. The zero-order valence-corrected chi connectivity index (χ0v) is 13.3. The summed E-state index contributed by atoms with van der Waals surface area (Å²) < 4.78 is 0. The van der Waals surface area contributed by atoms with Crippen LogP contribution in [0.5, 0.6) is 0 Å². The molecule has 0 unspecified atom stereocenters. The Balaban J connectivity index is 2.36. The largest absolute Gasteiger partial charge is 0.341 e. The monoisotopic (exact) mass is 286 g/mol. The average Bonchev–Trinajstić information content (AvgIpc) is 2.38. The topological polar surface area (TPSA) is 53.2 Å². The molecule has 0 spiro atoms. The molecule has 0 atom stereocenters. The SMILES string of the molecule is Cc1ccc2[nH]c(=O)c(CN(C)C(=O)C(C)(C)C)cc2c1. The minimum Gasteiger partial charge on any atom is -0.341 e. The summed E-state index contributed by atoms with van der Waals surface area (Å²) in [4.78, 5) is 28.8. The van der Waals surface area contributed by atoms with Gasteiger partial charge in [0.05, 0.1) is 6.54 Å². The molecular formula is C17H22N2O2. The van der Waals surface area contributed by atoms with Crippen molar-refractivity contribution in [2.24, 2.45) is 5.41 Å². The molecule has 1 aromatic heterocycles. The number of pyridine rings is 1. The number of carbonyl (C=O) groups excluding carboxylic acids is 1. The van der Waals surface area contributed by atoms with Gasteiger partial charge in [-0.05, 0) is 30.5 Å². The number of hydrogen-bond donors (Lipinski definition) is 1. The Bertz CT molecular complexity index is 739. The summed E-state index contributed by atoms with van der Waals surface area (Å²) in [7, 11) is 1.73. The maximum atomic E-state index is 12.2. The quantitative estimate of drug-likeness (QED) is 0.923. The molecule has 2 aromatic rings. The van der Waals surface area contributed by atoms with Gasteiger partial charge in [-0.2, -0.15) is 0 Å². The lowest BCUT2D eigenvalue weighted by Crippen LogP contribution is -2.37. The van der Waals surface area contributed by atoms with E-state index in [0.29, 0.717) is 12.1 Å². The fourth-order valence-electron chi connectivity index (χ4n) is 2.39. The van der Waals surface area contributed by atoms with Crippen molar-refractivity contribution in [3.05, 3.63) is 45.7 Å². The Morgan fingerprint density at radius 2 is 1.90 bits per heavy atom. The summed E-state index contributed by atoms with van der Waals surface area (Å²) in [5.41, 5.74) is 1.97. The minimum absolute atomic E-state index is 0.0197. The highest BCUT2D eigenvalue weighted by Crippen LogP contribution is 2.18. The van der Waals surface area contributed by atoms with Crippen molar-refractivity contribution in [2.45, 2.75) is 34.2 Å². The number of aryl methyl sites for hydroxylation is 1. The smallest absolute Gasteiger partial charge is 0.253 e. The number of hydrogen-bond acceptors (Lipinski definition) is 2. The van der Waals surface area contributed by atoms with Crippen molar-refractivity contribution < 1.29 is 4.79 Å². The van der Waals surface area contributed by atoms with Crippen LogP contribution in [0.3, 0.4) is 0 Å². The number of amides is 1. The molecule has 4 heteroatoms. The van der Waals surface area contributed by atoms with Crippen molar-refractivity contribution >= 4 is 16.8 Å². The van der Waals surface area contributed by atoms with Gasteiger partial charge < -0.3 is 9.88 Å². The summed E-state index contributed by atoms with van der Waals surface area (Å²) >= 11 is 0. The van der Waals surface area contributed by atoms with E-state index in [0.717, 1.165) is 16.5 Å². The number of aromatic amines is 1. The first-order chi connectivity index (χ1) is 9.68. The van der Waals surface area contributed by atoms with Gasteiger partial charge in [-0.25, -0.2) is 0 Å². The van der Waals surface area contributed by atoms with E-state index in [2.05, 4.69) is 4.98 Å². The number of nitrogens with zero attached hydrogens (tertiary/aromatic N) is 1. The van der Waals surface area contributed by atoms with Crippen molar-refractivity contribution in [1.29, 1.82) is 0 Å². The summed E-state index contributed by atoms with van der Waals surface area (Å²) in [5, 5.41) is 0.987. The minimum atomic E-state index is -0.449. The molecule has 1 N–H and O–H groups in total. The van der Waals surface area contributed by atoms with Crippen molar-refractivity contribution in [3.63, 3.8) is 0 Å². The molecule has 0 aliphatic rings. The molecule has 0 radical (unpaired) electrons. The summed E-state index contributed by atoms with van der Waals surface area (Å²) in [6, 6.07) is 7.76. The summed E-state index contributed by atoms with van der Waals surface area (Å²) in [5.74, 6) is 0.0197. The Kier molecular flexibility index (Phi) is 3.90. The van der Waals surface area contributed by atoms with Crippen LogP contribution in [0.25, 0.3) is 10.9 Å². The first kappa shape index (κ1) is 15.3.